The molecule has 1 nitrogen and oxygen atoms in total. The van der Waals surface area contributed by atoms with Gasteiger partial charge in [0.15, 0.2) is 0 Å². The molecule has 386 valence electrons. The second kappa shape index (κ2) is 20.8. The zero-order valence-electron chi connectivity index (χ0n) is 47.4. The van der Waals surface area contributed by atoms with Gasteiger partial charge < -0.3 is 4.74 Å². The maximum absolute atomic E-state index is 6.29. The summed E-state index contributed by atoms with van der Waals surface area (Å²) in [6, 6.07) is 0. The molecule has 9 fully saturated rings. The van der Waals surface area contributed by atoms with Crippen molar-refractivity contribution in [3.63, 3.8) is 0 Å². The number of hydrogen-bond acceptors (Lipinski definition) is 1. The van der Waals surface area contributed by atoms with Gasteiger partial charge in [0.05, 0.1) is 12.7 Å². The van der Waals surface area contributed by atoms with Crippen molar-refractivity contribution in [2.45, 2.75) is 257 Å². The van der Waals surface area contributed by atoms with Gasteiger partial charge in [-0.1, -0.05) is 157 Å². The minimum atomic E-state index is 0.474. The highest BCUT2D eigenvalue weighted by atomic mass is 16.5. The van der Waals surface area contributed by atoms with Crippen molar-refractivity contribution >= 4 is 0 Å². The molecule has 8 saturated carbocycles. The van der Waals surface area contributed by atoms with E-state index in [1.54, 1.807) is 51.4 Å². The first-order chi connectivity index (χ1) is 32.1. The van der Waals surface area contributed by atoms with Gasteiger partial charge in [-0.25, -0.2) is 0 Å². The summed E-state index contributed by atoms with van der Waals surface area (Å²) in [5.41, 5.74) is 7.57. The van der Waals surface area contributed by atoms with Crippen LogP contribution >= 0.6 is 0 Å². The number of ether oxygens (including phenoxy) is 1. The van der Waals surface area contributed by atoms with Crippen molar-refractivity contribution < 1.29 is 4.74 Å². The second-order valence-corrected chi connectivity index (χ2v) is 31.7. The van der Waals surface area contributed by atoms with Gasteiger partial charge >= 0.3 is 0 Å². The first-order valence-electron chi connectivity index (χ1n) is 30.8. The molecule has 1 heterocycles. The molecule has 0 radical (unpaired) electrons. The summed E-state index contributed by atoms with van der Waals surface area (Å²) < 4.78 is 6.29. The van der Waals surface area contributed by atoms with E-state index in [2.05, 4.69) is 108 Å². The Morgan fingerprint density at radius 3 is 1.09 bits per heavy atom. The molecule has 1 saturated heterocycles. The molecule has 0 bridgehead atoms. The lowest BCUT2D eigenvalue weighted by Gasteiger charge is -2.50. The third-order valence-corrected chi connectivity index (χ3v) is 23.0. The smallest absolute Gasteiger partial charge is 0.0606 e. The fourth-order valence-electron chi connectivity index (χ4n) is 19.2. The molecule has 0 spiro atoms. The van der Waals surface area contributed by atoms with Crippen LogP contribution in [-0.2, 0) is 4.74 Å². The Balaban J connectivity index is 0.000000121. The van der Waals surface area contributed by atoms with E-state index in [1.165, 1.54) is 109 Å². The van der Waals surface area contributed by atoms with Gasteiger partial charge in [0.25, 0.3) is 0 Å². The highest BCUT2D eigenvalue weighted by Crippen LogP contribution is 2.60. The molecule has 12 rings (SSSR count). The molecule has 0 amide bonds. The van der Waals surface area contributed by atoms with Crippen LogP contribution in [0.4, 0.5) is 0 Å². The first kappa shape index (κ1) is 52.1. The van der Waals surface area contributed by atoms with E-state index in [4.69, 9.17) is 4.74 Å². The highest BCUT2D eigenvalue weighted by Gasteiger charge is 2.51. The Labute approximate surface area is 423 Å². The van der Waals surface area contributed by atoms with Crippen molar-refractivity contribution in [1.82, 2.24) is 0 Å². The van der Waals surface area contributed by atoms with Gasteiger partial charge in [-0.3, -0.25) is 0 Å². The second-order valence-electron chi connectivity index (χ2n) is 31.7. The molecule has 18 unspecified atom stereocenters. The zero-order chi connectivity index (χ0) is 48.3. The largest absolute Gasteiger partial charge is 0.378 e. The molecule has 12 aliphatic rings. The highest BCUT2D eigenvalue weighted by molar-refractivity contribution is 5.22. The summed E-state index contributed by atoms with van der Waals surface area (Å²) in [5, 5.41) is 0. The maximum atomic E-state index is 6.29. The number of allylic oxidation sites excluding steroid dienone is 6. The van der Waals surface area contributed by atoms with E-state index >= 15 is 0 Å². The third-order valence-electron chi connectivity index (χ3n) is 23.0. The predicted molar refractivity (Wildman–Crippen MR) is 292 cm³/mol. The lowest BCUT2D eigenvalue weighted by Crippen LogP contribution is -2.46. The monoisotopic (exact) mass is 933 g/mol. The maximum Gasteiger partial charge on any atom is 0.0606 e. The van der Waals surface area contributed by atoms with Crippen LogP contribution in [-0.4, -0.2) is 12.7 Å². The van der Waals surface area contributed by atoms with Crippen molar-refractivity contribution in [2.24, 2.45) is 122 Å². The summed E-state index contributed by atoms with van der Waals surface area (Å²) in [6.45, 7) is 31.8. The molecular weight excluding hydrogens is 821 g/mol. The molecule has 11 aliphatic carbocycles. The van der Waals surface area contributed by atoms with Crippen LogP contribution in [0.3, 0.4) is 0 Å². The summed E-state index contributed by atoms with van der Waals surface area (Å²) >= 11 is 0. The third kappa shape index (κ3) is 11.6. The Hall–Kier alpha value is -0.820. The fraction of sp³-hybridized carbons (Fsp3) is 0.910. The van der Waals surface area contributed by atoms with Gasteiger partial charge in [-0.15, -0.1) is 0 Å². The van der Waals surface area contributed by atoms with Crippen molar-refractivity contribution in [2.75, 3.05) is 6.61 Å². The van der Waals surface area contributed by atoms with Crippen LogP contribution in [0.1, 0.15) is 251 Å². The number of fused-ring (bicyclic) bond motifs is 15. The van der Waals surface area contributed by atoms with Crippen molar-refractivity contribution in [3.8, 4) is 0 Å². The lowest BCUT2D eigenvalue weighted by molar-refractivity contribution is -0.0964. The summed E-state index contributed by atoms with van der Waals surface area (Å²) in [4.78, 5) is 0. The SMILES string of the molecule is CC(C)(C)C.CC(C)(C)C1CCC2C(=CCC3C4CCCC4CCC23)C1.CC(C)(C)C1CCC2C(=CCC3C4CCCC4CCC23)C1.CC(C)(C)C1CCC2C(=CCC3C4CCCC4OCC23)C1. The topological polar surface area (TPSA) is 9.23 Å². The van der Waals surface area contributed by atoms with Crippen molar-refractivity contribution in [3.05, 3.63) is 34.9 Å². The van der Waals surface area contributed by atoms with E-state index in [-0.39, 0.29) is 0 Å². The van der Waals surface area contributed by atoms with Gasteiger partial charge in [0.2, 0.25) is 0 Å². The van der Waals surface area contributed by atoms with Crippen LogP contribution in [0.5, 0.6) is 0 Å². The summed E-state index contributed by atoms with van der Waals surface area (Å²) in [6.07, 6.45) is 45.8. The van der Waals surface area contributed by atoms with Crippen LogP contribution < -0.4 is 0 Å². The van der Waals surface area contributed by atoms with Crippen LogP contribution in [0.2, 0.25) is 0 Å². The summed E-state index contributed by atoms with van der Waals surface area (Å²) in [5.74, 6) is 17.0. The zero-order valence-corrected chi connectivity index (χ0v) is 47.4. The quantitative estimate of drug-likeness (QED) is 0.220. The molecule has 0 N–H and O–H groups in total. The predicted octanol–water partition coefficient (Wildman–Crippen LogP) is 19.7. The molecular formula is C67H112O. The Morgan fingerprint density at radius 1 is 0.338 bits per heavy atom. The molecule has 1 aliphatic heterocycles. The van der Waals surface area contributed by atoms with E-state index in [9.17, 15) is 0 Å². The lowest BCUT2D eigenvalue weighted by atomic mass is 9.55. The number of rotatable bonds is 0. The van der Waals surface area contributed by atoms with Gasteiger partial charge in [-0.05, 0) is 251 Å². The Bertz CT molecular complexity index is 1560. The minimum absolute atomic E-state index is 0.474. The van der Waals surface area contributed by atoms with Crippen LogP contribution in [0, 0.1) is 122 Å². The van der Waals surface area contributed by atoms with Gasteiger partial charge in [0, 0.05) is 0 Å². The average molecular weight is 934 g/mol. The normalized spacial score (nSPS) is 43.8. The standard InChI is InChI=1S/2C21H34.C20H32O.C5H12/c2*1-21(2,3)16-9-12-18-15(13-16)8-11-19-17-6-4-5-14(17)7-10-20(18)19;1-20(2,3)14-8-10-15-13(11-14)7-9-16-17-5-4-6-19(17)21-12-18(15)16;1-5(2,3)4/h2*8,14,16-20H,4-7,9-13H2,1-3H3;7,14-19H,4-6,8-12H2,1-3H3;1-4H3. The molecule has 1 heteroatoms. The fourth-order valence-corrected chi connectivity index (χ4v) is 19.2. The molecule has 18 atom stereocenters. The Kier molecular flexibility index (Phi) is 15.9. The van der Waals surface area contributed by atoms with Crippen molar-refractivity contribution in [1.29, 1.82) is 0 Å². The van der Waals surface area contributed by atoms with E-state index in [1.807, 2.05) is 16.7 Å². The van der Waals surface area contributed by atoms with E-state index in [0.29, 0.717) is 27.8 Å². The summed E-state index contributed by atoms with van der Waals surface area (Å²) in [7, 11) is 0. The Morgan fingerprint density at radius 2 is 0.691 bits per heavy atom. The van der Waals surface area contributed by atoms with E-state index < -0.39 is 0 Å². The molecule has 0 aromatic rings. The molecule has 0 aromatic heterocycles. The van der Waals surface area contributed by atoms with E-state index in [0.717, 1.165) is 107 Å². The van der Waals surface area contributed by atoms with Gasteiger partial charge in [0.1, 0.15) is 0 Å². The average Bonchev–Trinajstić information content (AvgIpc) is 4.09. The number of hydrogen-bond donors (Lipinski definition) is 0. The first-order valence-corrected chi connectivity index (χ1v) is 30.8. The molecule has 68 heavy (non-hydrogen) atoms. The van der Waals surface area contributed by atoms with Gasteiger partial charge in [-0.2, -0.15) is 0 Å². The van der Waals surface area contributed by atoms with Crippen LogP contribution in [0.15, 0.2) is 34.9 Å². The van der Waals surface area contributed by atoms with Crippen LogP contribution in [0.25, 0.3) is 0 Å². The molecule has 0 aromatic carbocycles. The minimum Gasteiger partial charge on any atom is -0.378 e.